The molecule has 0 aliphatic carbocycles. The van der Waals surface area contributed by atoms with E-state index >= 15 is 0 Å². The molecule has 0 spiro atoms. The van der Waals surface area contributed by atoms with Crippen molar-refractivity contribution < 1.29 is 4.74 Å². The van der Waals surface area contributed by atoms with Crippen LogP contribution in [0.1, 0.15) is 20.8 Å². The van der Waals surface area contributed by atoms with Gasteiger partial charge in [-0.1, -0.05) is 0 Å². The highest BCUT2D eigenvalue weighted by Crippen LogP contribution is 2.29. The van der Waals surface area contributed by atoms with Gasteiger partial charge in [-0.25, -0.2) is 14.9 Å². The van der Waals surface area contributed by atoms with E-state index in [1.807, 2.05) is 20.8 Å². The minimum Gasteiger partial charge on any atom is -0.470 e. The topological polar surface area (TPSA) is 98.8 Å². The SMILES string of the molecule is Cn1c(Sc2ccc(N)c(OC(C)(C)C)n2)n[nH]c1=O. The van der Waals surface area contributed by atoms with Crippen LogP contribution in [-0.2, 0) is 7.05 Å². The highest BCUT2D eigenvalue weighted by Gasteiger charge is 2.16. The maximum atomic E-state index is 11.3. The molecule has 0 atom stereocenters. The summed E-state index contributed by atoms with van der Waals surface area (Å²) in [6.45, 7) is 5.77. The Balaban J connectivity index is 2.28. The van der Waals surface area contributed by atoms with Crippen molar-refractivity contribution in [3.05, 3.63) is 22.6 Å². The average molecular weight is 295 g/mol. The second-order valence-corrected chi connectivity index (χ2v) is 6.22. The van der Waals surface area contributed by atoms with Crippen LogP contribution >= 0.6 is 11.8 Å². The Kier molecular flexibility index (Phi) is 3.76. The van der Waals surface area contributed by atoms with E-state index < -0.39 is 0 Å². The molecule has 2 heterocycles. The number of anilines is 1. The van der Waals surface area contributed by atoms with Crippen LogP contribution in [-0.4, -0.2) is 25.3 Å². The van der Waals surface area contributed by atoms with Gasteiger partial charge in [0.2, 0.25) is 5.88 Å². The number of pyridine rings is 1. The zero-order valence-corrected chi connectivity index (χ0v) is 12.6. The van der Waals surface area contributed by atoms with Crippen LogP contribution in [0, 0.1) is 0 Å². The molecular formula is C12H17N5O2S. The van der Waals surface area contributed by atoms with Crippen molar-refractivity contribution in [1.82, 2.24) is 19.7 Å². The van der Waals surface area contributed by atoms with E-state index in [-0.39, 0.29) is 11.3 Å². The molecule has 0 aromatic carbocycles. The molecule has 0 radical (unpaired) electrons. The van der Waals surface area contributed by atoms with Gasteiger partial charge < -0.3 is 10.5 Å². The highest BCUT2D eigenvalue weighted by molar-refractivity contribution is 7.99. The number of H-pyrrole nitrogens is 1. The molecule has 0 amide bonds. The number of hydrogen-bond acceptors (Lipinski definition) is 6. The van der Waals surface area contributed by atoms with Gasteiger partial charge in [-0.2, -0.15) is 0 Å². The Morgan fingerprint density at radius 3 is 2.65 bits per heavy atom. The zero-order valence-electron chi connectivity index (χ0n) is 11.8. The lowest BCUT2D eigenvalue weighted by Crippen LogP contribution is -2.24. The van der Waals surface area contributed by atoms with Crippen molar-refractivity contribution in [3.8, 4) is 5.88 Å². The Morgan fingerprint density at radius 2 is 2.10 bits per heavy atom. The molecule has 0 bridgehead atoms. The van der Waals surface area contributed by atoms with Crippen LogP contribution in [0.3, 0.4) is 0 Å². The van der Waals surface area contributed by atoms with Crippen LogP contribution in [0.4, 0.5) is 5.69 Å². The minimum absolute atomic E-state index is 0.269. The Labute approximate surface area is 120 Å². The number of rotatable bonds is 3. The lowest BCUT2D eigenvalue weighted by molar-refractivity contribution is 0.124. The second kappa shape index (κ2) is 5.20. The quantitative estimate of drug-likeness (QED) is 0.888. The number of aromatic nitrogens is 4. The molecule has 0 fully saturated rings. The first-order valence-electron chi connectivity index (χ1n) is 6.01. The first-order chi connectivity index (χ1) is 9.26. The fourth-order valence-corrected chi connectivity index (χ4v) is 2.14. The van der Waals surface area contributed by atoms with E-state index in [2.05, 4.69) is 15.2 Å². The normalized spacial score (nSPS) is 11.6. The van der Waals surface area contributed by atoms with Crippen molar-refractivity contribution in [3.63, 3.8) is 0 Å². The Morgan fingerprint density at radius 1 is 1.40 bits per heavy atom. The Bertz CT molecular complexity index is 671. The van der Waals surface area contributed by atoms with E-state index in [1.54, 1.807) is 19.2 Å². The summed E-state index contributed by atoms with van der Waals surface area (Å²) in [6.07, 6.45) is 0. The fourth-order valence-electron chi connectivity index (χ4n) is 1.38. The summed E-state index contributed by atoms with van der Waals surface area (Å²) in [7, 11) is 1.64. The van der Waals surface area contributed by atoms with E-state index in [0.29, 0.717) is 21.7 Å². The number of nitrogens with one attached hydrogen (secondary N) is 1. The molecule has 0 aliphatic heterocycles. The van der Waals surface area contributed by atoms with Gasteiger partial charge in [0, 0.05) is 7.05 Å². The summed E-state index contributed by atoms with van der Waals surface area (Å²) in [4.78, 5) is 15.7. The van der Waals surface area contributed by atoms with Gasteiger partial charge in [0.25, 0.3) is 0 Å². The average Bonchev–Trinajstić information content (AvgIpc) is 2.64. The molecule has 3 N–H and O–H groups in total. The monoisotopic (exact) mass is 295 g/mol. The summed E-state index contributed by atoms with van der Waals surface area (Å²) in [5, 5.41) is 7.46. The zero-order chi connectivity index (χ0) is 14.9. The van der Waals surface area contributed by atoms with Gasteiger partial charge in [-0.3, -0.25) is 4.57 Å². The molecule has 7 nitrogen and oxygen atoms in total. The van der Waals surface area contributed by atoms with Crippen LogP contribution in [0.2, 0.25) is 0 Å². The number of nitrogens with two attached hydrogens (primary N) is 1. The third kappa shape index (κ3) is 3.32. The molecule has 20 heavy (non-hydrogen) atoms. The Hall–Kier alpha value is -1.96. The van der Waals surface area contributed by atoms with Crippen molar-refractivity contribution in [2.24, 2.45) is 7.05 Å². The van der Waals surface area contributed by atoms with Crippen LogP contribution in [0.15, 0.2) is 27.1 Å². The molecule has 0 aliphatic rings. The van der Waals surface area contributed by atoms with Crippen molar-refractivity contribution in [2.75, 3.05) is 5.73 Å². The smallest absolute Gasteiger partial charge is 0.343 e. The molecule has 2 aromatic rings. The van der Waals surface area contributed by atoms with Crippen LogP contribution in [0.5, 0.6) is 5.88 Å². The number of nitrogens with zero attached hydrogens (tertiary/aromatic N) is 3. The highest BCUT2D eigenvalue weighted by atomic mass is 32.2. The minimum atomic E-state index is -0.385. The van der Waals surface area contributed by atoms with Gasteiger partial charge in [0.05, 0.1) is 5.69 Å². The summed E-state index contributed by atoms with van der Waals surface area (Å²) in [5.41, 5.74) is 5.67. The largest absolute Gasteiger partial charge is 0.470 e. The number of aromatic amines is 1. The first-order valence-corrected chi connectivity index (χ1v) is 6.83. The van der Waals surface area contributed by atoms with Gasteiger partial charge >= 0.3 is 5.69 Å². The maximum Gasteiger partial charge on any atom is 0.343 e. The molecule has 108 valence electrons. The number of ether oxygens (including phenoxy) is 1. The van der Waals surface area contributed by atoms with E-state index in [9.17, 15) is 4.79 Å². The van der Waals surface area contributed by atoms with Gasteiger partial charge in [0.1, 0.15) is 10.6 Å². The van der Waals surface area contributed by atoms with Crippen molar-refractivity contribution >= 4 is 17.4 Å². The molecule has 0 saturated carbocycles. The third-order valence-corrected chi connectivity index (χ3v) is 3.29. The fraction of sp³-hybridized carbons (Fsp3) is 0.417. The van der Waals surface area contributed by atoms with E-state index in [0.717, 1.165) is 0 Å². The standard InChI is InChI=1S/C12H17N5O2S/c1-12(2,3)19-9-7(13)5-6-8(14-9)20-11-16-15-10(18)17(11)4/h5-6H,13H2,1-4H3,(H,15,18). The van der Waals surface area contributed by atoms with Crippen LogP contribution in [0.25, 0.3) is 0 Å². The molecule has 2 rings (SSSR count). The summed E-state index contributed by atoms with van der Waals surface area (Å²) >= 11 is 1.26. The summed E-state index contributed by atoms with van der Waals surface area (Å²) < 4.78 is 7.11. The third-order valence-electron chi connectivity index (χ3n) is 2.30. The molecule has 0 saturated heterocycles. The van der Waals surface area contributed by atoms with E-state index in [1.165, 1.54) is 16.3 Å². The summed E-state index contributed by atoms with van der Waals surface area (Å²) in [5.74, 6) is 0.378. The molecule has 8 heteroatoms. The second-order valence-electron chi connectivity index (χ2n) is 5.23. The molecular weight excluding hydrogens is 278 g/mol. The molecule has 2 aromatic heterocycles. The van der Waals surface area contributed by atoms with Gasteiger partial charge in [0.15, 0.2) is 5.16 Å². The lowest BCUT2D eigenvalue weighted by Gasteiger charge is -2.21. The predicted octanol–water partition coefficient (Wildman–Crippen LogP) is 1.41. The number of hydrogen-bond donors (Lipinski definition) is 2. The van der Waals surface area contributed by atoms with Gasteiger partial charge in [-0.15, -0.1) is 5.10 Å². The predicted molar refractivity (Wildman–Crippen MR) is 77.0 cm³/mol. The van der Waals surface area contributed by atoms with Crippen LogP contribution < -0.4 is 16.2 Å². The maximum absolute atomic E-state index is 11.3. The van der Waals surface area contributed by atoms with Crippen molar-refractivity contribution in [2.45, 2.75) is 36.6 Å². The first kappa shape index (κ1) is 14.4. The lowest BCUT2D eigenvalue weighted by atomic mass is 10.2. The molecule has 0 unspecified atom stereocenters. The number of nitrogen functional groups attached to an aromatic ring is 1. The van der Waals surface area contributed by atoms with E-state index in [4.69, 9.17) is 10.5 Å². The van der Waals surface area contributed by atoms with Gasteiger partial charge in [-0.05, 0) is 44.7 Å². The van der Waals surface area contributed by atoms with Crippen molar-refractivity contribution in [1.29, 1.82) is 0 Å². The summed E-state index contributed by atoms with van der Waals surface area (Å²) in [6, 6.07) is 3.48.